The third kappa shape index (κ3) is 12.6. The number of carbonyl (C=O) groups excluding carboxylic acids is 4. The van der Waals surface area contributed by atoms with E-state index in [0.29, 0.717) is 89.5 Å². The van der Waals surface area contributed by atoms with Crippen molar-refractivity contribution in [3.05, 3.63) is 94.6 Å². The molecule has 19 heteroatoms. The number of halogens is 3. The summed E-state index contributed by atoms with van der Waals surface area (Å²) < 4.78 is 58.3. The average Bonchev–Trinajstić information content (AvgIpc) is 4.03. The molecule has 362 valence electrons. The van der Waals surface area contributed by atoms with Gasteiger partial charge in [0.1, 0.15) is 30.0 Å². The van der Waals surface area contributed by atoms with E-state index in [1.807, 2.05) is 43.6 Å². The number of carbonyl (C=O) groups is 4. The van der Waals surface area contributed by atoms with Crippen molar-refractivity contribution in [2.24, 2.45) is 0 Å². The first-order valence-corrected chi connectivity index (χ1v) is 23.9. The largest absolute Gasteiger partial charge is 0.494 e. The van der Waals surface area contributed by atoms with Gasteiger partial charge in [0.25, 0.3) is 5.91 Å². The number of unbranched alkanes of at least 4 members (excludes halogenated alkanes) is 1. The van der Waals surface area contributed by atoms with Gasteiger partial charge in [-0.3, -0.25) is 24.1 Å². The van der Waals surface area contributed by atoms with Gasteiger partial charge in [0.05, 0.1) is 45.6 Å². The van der Waals surface area contributed by atoms with Gasteiger partial charge in [-0.25, -0.2) is 4.98 Å². The van der Waals surface area contributed by atoms with Gasteiger partial charge in [-0.15, -0.1) is 11.3 Å². The molecule has 0 bridgehead atoms. The minimum Gasteiger partial charge on any atom is -0.494 e. The first-order chi connectivity index (χ1) is 32.5. The van der Waals surface area contributed by atoms with Crippen LogP contribution in [0, 0.1) is 18.3 Å². The highest BCUT2D eigenvalue weighted by Crippen LogP contribution is 2.40. The summed E-state index contributed by atoms with van der Waals surface area (Å²) in [6.07, 6.45) is -0.437. The van der Waals surface area contributed by atoms with Crippen LogP contribution in [0.15, 0.2) is 72.2 Å². The third-order valence-corrected chi connectivity index (χ3v) is 13.0. The van der Waals surface area contributed by atoms with Crippen LogP contribution in [0.4, 0.5) is 24.5 Å². The van der Waals surface area contributed by atoms with E-state index in [-0.39, 0.29) is 29.2 Å². The number of aromatic nitrogens is 1. The average molecular weight is 976 g/mol. The molecule has 1 aromatic heterocycles. The van der Waals surface area contributed by atoms with Gasteiger partial charge >= 0.3 is 6.18 Å². The molecule has 2 N–H and O–H groups in total. The zero-order chi connectivity index (χ0) is 49.0. The first kappa shape index (κ1) is 51.5. The molecule has 68 heavy (non-hydrogen) atoms. The van der Waals surface area contributed by atoms with E-state index < -0.39 is 46.7 Å². The lowest BCUT2D eigenvalue weighted by Crippen LogP contribution is -2.53. The summed E-state index contributed by atoms with van der Waals surface area (Å²) >= 11 is 7.20. The lowest BCUT2D eigenvalue weighted by atomic mass is 10.0. The summed E-state index contributed by atoms with van der Waals surface area (Å²) in [6, 6.07) is 18.1. The molecule has 0 radical (unpaired) electrons. The van der Waals surface area contributed by atoms with E-state index in [0.717, 1.165) is 45.2 Å². The second-order valence-corrected chi connectivity index (χ2v) is 18.2. The van der Waals surface area contributed by atoms with Gasteiger partial charge in [-0.05, 0) is 125 Å². The van der Waals surface area contributed by atoms with Crippen molar-refractivity contribution in [2.45, 2.75) is 103 Å². The van der Waals surface area contributed by atoms with Crippen molar-refractivity contribution in [1.29, 1.82) is 5.26 Å². The molecule has 3 aromatic carbocycles. The molecule has 2 aliphatic heterocycles. The summed E-state index contributed by atoms with van der Waals surface area (Å²) in [4.78, 5) is 62.9. The number of thiazole rings is 1. The summed E-state index contributed by atoms with van der Waals surface area (Å²) in [5.74, 6) is -0.822. The highest BCUT2D eigenvalue weighted by Gasteiger charge is 2.51. The molecule has 2 atom stereocenters. The molecule has 0 spiro atoms. The number of thiocarbonyl (C=S) groups is 1. The predicted octanol–water partition coefficient (Wildman–Crippen LogP) is 8.10. The number of nitrogens with zero attached hydrogens (tertiary/aromatic N) is 5. The molecular weight excluding hydrogens is 920 g/mol. The number of aryl methyl sites for hydroxylation is 1. The van der Waals surface area contributed by atoms with Gasteiger partial charge in [-0.2, -0.15) is 18.4 Å². The highest BCUT2D eigenvalue weighted by molar-refractivity contribution is 7.81. The Morgan fingerprint density at radius 1 is 0.985 bits per heavy atom. The highest BCUT2D eigenvalue weighted by atomic mass is 32.1. The molecule has 0 unspecified atom stereocenters. The maximum absolute atomic E-state index is 13.7. The number of hydrogen-bond donors (Lipinski definition) is 2. The second-order valence-electron chi connectivity index (χ2n) is 17.0. The molecule has 2 saturated heterocycles. The molecule has 6 rings (SSSR count). The Balaban J connectivity index is 0.843. The van der Waals surface area contributed by atoms with Crippen LogP contribution < -0.4 is 25.2 Å². The zero-order valence-electron chi connectivity index (χ0n) is 38.5. The van der Waals surface area contributed by atoms with Crippen molar-refractivity contribution in [1.82, 2.24) is 20.5 Å². The number of hydrogen-bond acceptors (Lipinski definition) is 11. The standard InChI is InChI=1S/C49H56F3N7O7S2/c1-5-10-40(45(62)57-22-8-11-41(57)44(61)54-29-33-12-14-34(15-13-33)43-32(2)55-31-68-43)56-42(60)30-65-25-9-24-64-23-6-7-26-66-38-20-18-36(19-21-38)59-47(67)58(46(63)48(59,3)4)37-17-16-35(28-53)39(27-37)49(50,51)52/h12-21,27,31,40-41H,5-11,22-26,29-30H2,1-4H3,(H,54,61)(H,56,60)/t40-,41-/m0/s1. The van der Waals surface area contributed by atoms with E-state index in [2.05, 4.69) is 15.6 Å². The van der Waals surface area contributed by atoms with Gasteiger partial charge in [0.15, 0.2) is 5.11 Å². The molecule has 0 aliphatic carbocycles. The number of amides is 4. The lowest BCUT2D eigenvalue weighted by molar-refractivity contribution is -0.142. The number of alkyl halides is 3. The quantitative estimate of drug-likeness (QED) is 0.0577. The van der Waals surface area contributed by atoms with Crippen LogP contribution >= 0.6 is 23.6 Å². The summed E-state index contributed by atoms with van der Waals surface area (Å²) in [7, 11) is 0. The maximum Gasteiger partial charge on any atom is 0.417 e. The van der Waals surface area contributed by atoms with Gasteiger partial charge in [0.2, 0.25) is 17.7 Å². The smallest absolute Gasteiger partial charge is 0.417 e. The Hall–Kier alpha value is -5.94. The van der Waals surface area contributed by atoms with E-state index in [1.54, 1.807) is 65.3 Å². The molecule has 4 amide bonds. The number of ether oxygens (including phenoxy) is 3. The van der Waals surface area contributed by atoms with Crippen LogP contribution in [-0.2, 0) is 41.4 Å². The number of likely N-dealkylation sites (tertiary alicyclic amines) is 1. The Labute approximate surface area is 403 Å². The van der Waals surface area contributed by atoms with Crippen molar-refractivity contribution in [3.8, 4) is 22.3 Å². The van der Waals surface area contributed by atoms with Crippen LogP contribution in [0.25, 0.3) is 10.4 Å². The lowest BCUT2D eigenvalue weighted by Gasteiger charge is -2.29. The first-order valence-electron chi connectivity index (χ1n) is 22.6. The summed E-state index contributed by atoms with van der Waals surface area (Å²) in [5.41, 5.74) is 2.36. The van der Waals surface area contributed by atoms with Crippen LogP contribution in [0.3, 0.4) is 0 Å². The zero-order valence-corrected chi connectivity index (χ0v) is 40.2. The van der Waals surface area contributed by atoms with Gasteiger partial charge < -0.3 is 34.6 Å². The SMILES string of the molecule is CCC[C@H](NC(=O)COCCCOCCCCOc1ccc(N2C(=S)N(c3ccc(C#N)c(C(F)(F)F)c3)C(=O)C2(C)C)cc1)C(=O)N1CCC[C@H]1C(=O)NCc1ccc(-c2scnc2C)cc1. The van der Waals surface area contributed by atoms with Crippen LogP contribution in [-0.4, -0.2) is 95.8 Å². The number of anilines is 2. The Bertz CT molecular complexity index is 2460. The van der Waals surface area contributed by atoms with Crippen molar-refractivity contribution in [3.63, 3.8) is 0 Å². The Morgan fingerprint density at radius 3 is 2.35 bits per heavy atom. The number of rotatable bonds is 22. The fourth-order valence-corrected chi connectivity index (χ4v) is 9.46. The number of nitriles is 1. The minimum atomic E-state index is -4.80. The molecule has 3 heterocycles. The van der Waals surface area contributed by atoms with Crippen molar-refractivity contribution in [2.75, 3.05) is 49.4 Å². The van der Waals surface area contributed by atoms with Crippen molar-refractivity contribution < 1.29 is 46.6 Å². The number of benzene rings is 3. The number of nitrogens with one attached hydrogen (secondary N) is 2. The fraction of sp³-hybridized carbons (Fsp3) is 0.449. The van der Waals surface area contributed by atoms with Gasteiger partial charge in [0, 0.05) is 38.6 Å². The molecule has 0 saturated carbocycles. The molecular formula is C49H56F3N7O7S2. The molecule has 4 aromatic rings. The van der Waals surface area contributed by atoms with Crippen LogP contribution in [0.5, 0.6) is 5.75 Å². The maximum atomic E-state index is 13.7. The van der Waals surface area contributed by atoms with E-state index >= 15 is 0 Å². The van der Waals surface area contributed by atoms with E-state index in [9.17, 15) is 37.6 Å². The summed E-state index contributed by atoms with van der Waals surface area (Å²) in [5, 5.41) is 15.0. The Morgan fingerprint density at radius 2 is 1.68 bits per heavy atom. The normalized spacial score (nSPS) is 16.2. The predicted molar refractivity (Wildman–Crippen MR) is 256 cm³/mol. The topological polar surface area (TPSA) is 166 Å². The van der Waals surface area contributed by atoms with E-state index in [1.165, 1.54) is 6.07 Å². The third-order valence-electron chi connectivity index (χ3n) is 11.7. The molecule has 14 nitrogen and oxygen atoms in total. The van der Waals surface area contributed by atoms with Crippen LogP contribution in [0.2, 0.25) is 0 Å². The second kappa shape index (κ2) is 23.4. The summed E-state index contributed by atoms with van der Waals surface area (Å²) in [6.45, 7) is 9.38. The molecule has 2 aliphatic rings. The monoisotopic (exact) mass is 975 g/mol. The van der Waals surface area contributed by atoms with E-state index in [4.69, 9.17) is 26.4 Å². The van der Waals surface area contributed by atoms with Gasteiger partial charge in [-0.1, -0.05) is 37.6 Å². The van der Waals surface area contributed by atoms with Crippen LogP contribution in [0.1, 0.15) is 88.1 Å². The Kier molecular flexibility index (Phi) is 17.7. The fourth-order valence-electron chi connectivity index (χ4n) is 8.12. The minimum absolute atomic E-state index is 0.00102. The molecule has 2 fully saturated rings. The van der Waals surface area contributed by atoms with Crippen molar-refractivity contribution >= 4 is 63.7 Å².